The van der Waals surface area contributed by atoms with Crippen molar-refractivity contribution in [2.75, 3.05) is 13.6 Å². The van der Waals surface area contributed by atoms with Gasteiger partial charge in [-0.25, -0.2) is 0 Å². The van der Waals surface area contributed by atoms with Crippen molar-refractivity contribution in [2.24, 2.45) is 0 Å². The molecule has 0 aliphatic rings. The van der Waals surface area contributed by atoms with E-state index in [2.05, 4.69) is 29.4 Å². The van der Waals surface area contributed by atoms with Crippen molar-refractivity contribution in [3.05, 3.63) is 10.0 Å². The number of aromatic nitrogens is 2. The summed E-state index contributed by atoms with van der Waals surface area (Å²) in [6, 6.07) is 0. The monoisotopic (exact) mass is 185 g/mol. The molecule has 3 nitrogen and oxygen atoms in total. The van der Waals surface area contributed by atoms with Crippen LogP contribution in [0.3, 0.4) is 0 Å². The highest BCUT2D eigenvalue weighted by Crippen LogP contribution is 2.18. The zero-order chi connectivity index (χ0) is 8.97. The number of nitrogens with one attached hydrogen (secondary N) is 1. The van der Waals surface area contributed by atoms with Crippen LogP contribution in [0.4, 0.5) is 0 Å². The molecular formula is C8H15N3S. The highest BCUT2D eigenvalue weighted by atomic mass is 32.1. The minimum Gasteiger partial charge on any atom is -0.319 e. The molecule has 1 rings (SSSR count). The van der Waals surface area contributed by atoms with Gasteiger partial charge in [0.1, 0.15) is 10.0 Å². The van der Waals surface area contributed by atoms with Crippen LogP contribution in [-0.4, -0.2) is 23.8 Å². The third-order valence-corrected chi connectivity index (χ3v) is 2.85. The van der Waals surface area contributed by atoms with Crippen molar-refractivity contribution in [3.63, 3.8) is 0 Å². The maximum atomic E-state index is 4.11. The van der Waals surface area contributed by atoms with Crippen LogP contribution in [-0.2, 0) is 6.42 Å². The van der Waals surface area contributed by atoms with Gasteiger partial charge in [-0.3, -0.25) is 0 Å². The standard InChI is InChI=1S/C8H15N3S/c1-6(2)8-11-10-7(12-8)4-5-9-3/h6,9H,4-5H2,1-3H3. The first kappa shape index (κ1) is 9.61. The highest BCUT2D eigenvalue weighted by Gasteiger charge is 2.06. The summed E-state index contributed by atoms with van der Waals surface area (Å²) in [6.45, 7) is 5.26. The average molecular weight is 185 g/mol. The second kappa shape index (κ2) is 4.52. The Morgan fingerprint density at radius 1 is 1.42 bits per heavy atom. The van der Waals surface area contributed by atoms with Gasteiger partial charge in [0.15, 0.2) is 0 Å². The van der Waals surface area contributed by atoms with Crippen LogP contribution in [0.5, 0.6) is 0 Å². The summed E-state index contributed by atoms with van der Waals surface area (Å²) in [4.78, 5) is 0. The number of rotatable bonds is 4. The Kier molecular flexibility index (Phi) is 3.62. The topological polar surface area (TPSA) is 37.8 Å². The normalized spacial score (nSPS) is 11.0. The molecule has 0 aromatic carbocycles. The summed E-state index contributed by atoms with van der Waals surface area (Å²) < 4.78 is 0. The molecule has 0 spiro atoms. The highest BCUT2D eigenvalue weighted by molar-refractivity contribution is 7.11. The molecule has 0 saturated heterocycles. The quantitative estimate of drug-likeness (QED) is 0.771. The van der Waals surface area contributed by atoms with Gasteiger partial charge in [-0.15, -0.1) is 21.5 Å². The van der Waals surface area contributed by atoms with Gasteiger partial charge in [-0.05, 0) is 7.05 Å². The first-order chi connectivity index (χ1) is 5.74. The zero-order valence-electron chi connectivity index (χ0n) is 7.79. The van der Waals surface area contributed by atoms with Gasteiger partial charge in [-0.1, -0.05) is 13.8 Å². The van der Waals surface area contributed by atoms with Crippen molar-refractivity contribution in [2.45, 2.75) is 26.2 Å². The Morgan fingerprint density at radius 3 is 2.67 bits per heavy atom. The molecule has 0 atom stereocenters. The number of hydrogen-bond acceptors (Lipinski definition) is 4. The Morgan fingerprint density at radius 2 is 2.17 bits per heavy atom. The van der Waals surface area contributed by atoms with Crippen molar-refractivity contribution >= 4 is 11.3 Å². The van der Waals surface area contributed by atoms with Gasteiger partial charge in [0.2, 0.25) is 0 Å². The molecule has 0 fully saturated rings. The Balaban J connectivity index is 2.52. The molecule has 0 bridgehead atoms. The van der Waals surface area contributed by atoms with E-state index in [1.807, 2.05) is 7.05 Å². The van der Waals surface area contributed by atoms with Gasteiger partial charge >= 0.3 is 0 Å². The Labute approximate surface area is 77.2 Å². The van der Waals surface area contributed by atoms with Crippen molar-refractivity contribution < 1.29 is 0 Å². The van der Waals surface area contributed by atoms with E-state index in [1.165, 1.54) is 0 Å². The van der Waals surface area contributed by atoms with Crippen molar-refractivity contribution in [1.29, 1.82) is 0 Å². The van der Waals surface area contributed by atoms with E-state index in [-0.39, 0.29) is 0 Å². The summed E-state index contributed by atoms with van der Waals surface area (Å²) in [5.41, 5.74) is 0. The number of hydrogen-bond donors (Lipinski definition) is 1. The number of likely N-dealkylation sites (N-methyl/N-ethyl adjacent to an activating group) is 1. The van der Waals surface area contributed by atoms with E-state index in [0.29, 0.717) is 5.92 Å². The molecular weight excluding hydrogens is 170 g/mol. The predicted octanol–water partition coefficient (Wildman–Crippen LogP) is 1.42. The molecule has 0 radical (unpaired) electrons. The average Bonchev–Trinajstić information content (AvgIpc) is 2.48. The lowest BCUT2D eigenvalue weighted by Crippen LogP contribution is -2.09. The SMILES string of the molecule is CNCCc1nnc(C(C)C)s1. The lowest BCUT2D eigenvalue weighted by molar-refractivity contribution is 0.770. The summed E-state index contributed by atoms with van der Waals surface area (Å²) >= 11 is 1.72. The summed E-state index contributed by atoms with van der Waals surface area (Å²) in [7, 11) is 1.95. The van der Waals surface area contributed by atoms with E-state index in [0.717, 1.165) is 23.0 Å². The summed E-state index contributed by atoms with van der Waals surface area (Å²) in [5, 5.41) is 13.6. The molecule has 1 heterocycles. The van der Waals surface area contributed by atoms with Gasteiger partial charge in [-0.2, -0.15) is 0 Å². The number of nitrogens with zero attached hydrogens (tertiary/aromatic N) is 2. The molecule has 0 amide bonds. The molecule has 0 aliphatic heterocycles. The lowest BCUT2D eigenvalue weighted by atomic mass is 10.2. The minimum atomic E-state index is 0.505. The maximum Gasteiger partial charge on any atom is 0.119 e. The van der Waals surface area contributed by atoms with Crippen LogP contribution < -0.4 is 5.32 Å². The molecule has 0 saturated carbocycles. The van der Waals surface area contributed by atoms with Gasteiger partial charge in [0, 0.05) is 18.9 Å². The van der Waals surface area contributed by atoms with Crippen LogP contribution in [0.15, 0.2) is 0 Å². The molecule has 12 heavy (non-hydrogen) atoms. The van der Waals surface area contributed by atoms with Gasteiger partial charge < -0.3 is 5.32 Å². The lowest BCUT2D eigenvalue weighted by Gasteiger charge is -1.94. The van der Waals surface area contributed by atoms with Crippen LogP contribution in [0, 0.1) is 0 Å². The Hall–Kier alpha value is -0.480. The summed E-state index contributed by atoms with van der Waals surface area (Å²) in [6.07, 6.45) is 0.987. The van der Waals surface area contributed by atoms with Crippen LogP contribution in [0.25, 0.3) is 0 Å². The Bertz CT molecular complexity index is 232. The molecule has 1 N–H and O–H groups in total. The summed E-state index contributed by atoms with van der Waals surface area (Å²) in [5.74, 6) is 0.505. The van der Waals surface area contributed by atoms with E-state index in [9.17, 15) is 0 Å². The van der Waals surface area contributed by atoms with Crippen LogP contribution in [0.2, 0.25) is 0 Å². The molecule has 0 aliphatic carbocycles. The third kappa shape index (κ3) is 2.53. The van der Waals surface area contributed by atoms with E-state index in [1.54, 1.807) is 11.3 Å². The molecule has 1 aromatic heterocycles. The first-order valence-corrected chi connectivity index (χ1v) is 5.02. The van der Waals surface area contributed by atoms with Crippen LogP contribution in [0.1, 0.15) is 29.8 Å². The van der Waals surface area contributed by atoms with Crippen LogP contribution >= 0.6 is 11.3 Å². The van der Waals surface area contributed by atoms with Gasteiger partial charge in [0.05, 0.1) is 0 Å². The van der Waals surface area contributed by atoms with E-state index >= 15 is 0 Å². The first-order valence-electron chi connectivity index (χ1n) is 4.21. The molecule has 1 aromatic rings. The predicted molar refractivity (Wildman–Crippen MR) is 51.6 cm³/mol. The van der Waals surface area contributed by atoms with E-state index < -0.39 is 0 Å². The maximum absolute atomic E-state index is 4.11. The molecule has 4 heteroatoms. The molecule has 68 valence electrons. The largest absolute Gasteiger partial charge is 0.319 e. The smallest absolute Gasteiger partial charge is 0.119 e. The van der Waals surface area contributed by atoms with E-state index in [4.69, 9.17) is 0 Å². The second-order valence-electron chi connectivity index (χ2n) is 3.04. The van der Waals surface area contributed by atoms with Crippen molar-refractivity contribution in [3.8, 4) is 0 Å². The van der Waals surface area contributed by atoms with Gasteiger partial charge in [0.25, 0.3) is 0 Å². The zero-order valence-corrected chi connectivity index (χ0v) is 8.61. The van der Waals surface area contributed by atoms with Crippen molar-refractivity contribution in [1.82, 2.24) is 15.5 Å². The fraction of sp³-hybridized carbons (Fsp3) is 0.750. The fourth-order valence-corrected chi connectivity index (χ4v) is 1.68. The molecule has 0 unspecified atom stereocenters. The second-order valence-corrected chi connectivity index (χ2v) is 4.14. The third-order valence-electron chi connectivity index (χ3n) is 1.57. The minimum absolute atomic E-state index is 0.505. The fourth-order valence-electron chi connectivity index (χ4n) is 0.833.